The summed E-state index contributed by atoms with van der Waals surface area (Å²) >= 11 is 0. The predicted molar refractivity (Wildman–Crippen MR) is 94.2 cm³/mol. The van der Waals surface area contributed by atoms with Crippen LogP contribution >= 0.6 is 0 Å². The van der Waals surface area contributed by atoms with Crippen LogP contribution in [0.5, 0.6) is 5.75 Å². The molecule has 0 bridgehead atoms. The van der Waals surface area contributed by atoms with Crippen molar-refractivity contribution in [2.45, 2.75) is 24.8 Å². The van der Waals surface area contributed by atoms with E-state index in [-0.39, 0.29) is 17.1 Å². The van der Waals surface area contributed by atoms with E-state index in [0.717, 1.165) is 5.56 Å². The van der Waals surface area contributed by atoms with Gasteiger partial charge in [-0.2, -0.15) is 0 Å². The van der Waals surface area contributed by atoms with Crippen LogP contribution < -0.4 is 9.46 Å². The van der Waals surface area contributed by atoms with Crippen molar-refractivity contribution >= 4 is 16.0 Å². The van der Waals surface area contributed by atoms with Crippen LogP contribution in [-0.2, 0) is 14.8 Å². The number of benzene rings is 2. The first-order valence-corrected chi connectivity index (χ1v) is 9.20. The zero-order valence-electron chi connectivity index (χ0n) is 14.4. The van der Waals surface area contributed by atoms with Crippen molar-refractivity contribution in [2.24, 2.45) is 0 Å². The molecule has 7 heteroatoms. The Balaban J connectivity index is 2.02. The van der Waals surface area contributed by atoms with Gasteiger partial charge in [0.25, 0.3) is 0 Å². The quantitative estimate of drug-likeness (QED) is 0.765. The largest absolute Gasteiger partial charge is 0.492 e. The molecule has 0 aromatic heterocycles. The second-order valence-electron chi connectivity index (χ2n) is 5.67. The number of esters is 1. The highest BCUT2D eigenvalue weighted by atomic mass is 32.2. The molecule has 0 fully saturated rings. The Bertz CT molecular complexity index is 831. The molecule has 0 aliphatic carbocycles. The van der Waals surface area contributed by atoms with Gasteiger partial charge >= 0.3 is 5.97 Å². The molecule has 2 aromatic rings. The van der Waals surface area contributed by atoms with Crippen LogP contribution in [0.15, 0.2) is 53.4 Å². The lowest BCUT2D eigenvalue weighted by Crippen LogP contribution is -2.36. The minimum atomic E-state index is -3.77. The third-order valence-corrected chi connectivity index (χ3v) is 5.03. The SMILES string of the molecule is COC(=O)c1cccc(S(=O)(=O)NC(C)COc2ccc(C)cc2)c1. The number of ether oxygens (including phenoxy) is 2. The summed E-state index contributed by atoms with van der Waals surface area (Å²) in [6.07, 6.45) is 0. The molecule has 2 rings (SSSR count). The van der Waals surface area contributed by atoms with Gasteiger partial charge in [-0.05, 0) is 44.2 Å². The molecule has 1 atom stereocenters. The van der Waals surface area contributed by atoms with E-state index in [0.29, 0.717) is 5.75 Å². The topological polar surface area (TPSA) is 81.7 Å². The highest BCUT2D eigenvalue weighted by Gasteiger charge is 2.19. The minimum absolute atomic E-state index is 0.00224. The average Bonchev–Trinajstić information content (AvgIpc) is 2.60. The van der Waals surface area contributed by atoms with Crippen LogP contribution in [0.2, 0.25) is 0 Å². The molecular formula is C18H21NO5S. The van der Waals surface area contributed by atoms with E-state index in [2.05, 4.69) is 9.46 Å². The molecule has 6 nitrogen and oxygen atoms in total. The first-order valence-electron chi connectivity index (χ1n) is 7.72. The number of hydrogen-bond acceptors (Lipinski definition) is 5. The van der Waals surface area contributed by atoms with Crippen LogP contribution in [0, 0.1) is 6.92 Å². The molecule has 25 heavy (non-hydrogen) atoms. The lowest BCUT2D eigenvalue weighted by atomic mass is 10.2. The monoisotopic (exact) mass is 363 g/mol. The summed E-state index contributed by atoms with van der Waals surface area (Å²) in [5.74, 6) is 0.0807. The maximum absolute atomic E-state index is 12.4. The number of aryl methyl sites for hydroxylation is 1. The van der Waals surface area contributed by atoms with E-state index in [1.165, 1.54) is 31.4 Å². The van der Waals surface area contributed by atoms with E-state index in [9.17, 15) is 13.2 Å². The summed E-state index contributed by atoms with van der Waals surface area (Å²) in [5.41, 5.74) is 1.29. The summed E-state index contributed by atoms with van der Waals surface area (Å²) in [4.78, 5) is 11.5. The van der Waals surface area contributed by atoms with E-state index >= 15 is 0 Å². The van der Waals surface area contributed by atoms with Crippen molar-refractivity contribution in [3.63, 3.8) is 0 Å². The van der Waals surface area contributed by atoms with Crippen molar-refractivity contribution in [2.75, 3.05) is 13.7 Å². The summed E-state index contributed by atoms with van der Waals surface area (Å²) in [6.45, 7) is 3.86. The standard InChI is InChI=1S/C18H21NO5S/c1-13-7-9-16(10-8-13)24-12-14(2)19-25(21,22)17-6-4-5-15(11-17)18(20)23-3/h4-11,14,19H,12H2,1-3H3. The molecule has 1 unspecified atom stereocenters. The van der Waals surface area contributed by atoms with Crippen molar-refractivity contribution in [3.8, 4) is 5.75 Å². The van der Waals surface area contributed by atoms with Crippen LogP contribution in [0.4, 0.5) is 0 Å². The summed E-state index contributed by atoms with van der Waals surface area (Å²) in [6, 6.07) is 12.7. The number of methoxy groups -OCH3 is 1. The van der Waals surface area contributed by atoms with Crippen molar-refractivity contribution in [1.29, 1.82) is 0 Å². The number of rotatable bonds is 7. The number of carbonyl (C=O) groups is 1. The first kappa shape index (κ1) is 19.0. The van der Waals surface area contributed by atoms with Crippen molar-refractivity contribution in [1.82, 2.24) is 4.72 Å². The van der Waals surface area contributed by atoms with Crippen LogP contribution in [0.25, 0.3) is 0 Å². The number of carbonyl (C=O) groups excluding carboxylic acids is 1. The van der Waals surface area contributed by atoms with Gasteiger partial charge in [0, 0.05) is 0 Å². The molecule has 0 aliphatic rings. The Morgan fingerprint density at radius 2 is 1.84 bits per heavy atom. The Morgan fingerprint density at radius 1 is 1.16 bits per heavy atom. The third-order valence-electron chi connectivity index (χ3n) is 3.44. The normalized spacial score (nSPS) is 12.4. The Labute approximate surface area is 147 Å². The molecule has 0 saturated heterocycles. The van der Waals surface area contributed by atoms with E-state index in [4.69, 9.17) is 4.74 Å². The van der Waals surface area contributed by atoms with Crippen LogP contribution in [-0.4, -0.2) is 34.1 Å². The van der Waals surface area contributed by atoms with Gasteiger partial charge in [0.15, 0.2) is 0 Å². The highest BCUT2D eigenvalue weighted by molar-refractivity contribution is 7.89. The smallest absolute Gasteiger partial charge is 0.337 e. The average molecular weight is 363 g/mol. The van der Waals surface area contributed by atoms with Crippen molar-refractivity contribution in [3.05, 3.63) is 59.7 Å². The molecular weight excluding hydrogens is 342 g/mol. The van der Waals surface area contributed by atoms with Crippen LogP contribution in [0.3, 0.4) is 0 Å². The van der Waals surface area contributed by atoms with Gasteiger partial charge in [-0.3, -0.25) is 0 Å². The van der Waals surface area contributed by atoms with Gasteiger partial charge < -0.3 is 9.47 Å². The molecule has 0 saturated carbocycles. The van der Waals surface area contributed by atoms with Gasteiger partial charge in [-0.15, -0.1) is 0 Å². The van der Waals surface area contributed by atoms with Crippen molar-refractivity contribution < 1.29 is 22.7 Å². The van der Waals surface area contributed by atoms with Gasteiger partial charge in [-0.1, -0.05) is 23.8 Å². The Morgan fingerprint density at radius 3 is 2.48 bits per heavy atom. The summed E-state index contributed by atoms with van der Waals surface area (Å²) < 4.78 is 37.6. The molecule has 0 aliphatic heterocycles. The number of hydrogen-bond donors (Lipinski definition) is 1. The fraction of sp³-hybridized carbons (Fsp3) is 0.278. The number of sulfonamides is 1. The second-order valence-corrected chi connectivity index (χ2v) is 7.38. The van der Waals surface area contributed by atoms with Gasteiger partial charge in [-0.25, -0.2) is 17.9 Å². The van der Waals surface area contributed by atoms with Crippen LogP contribution in [0.1, 0.15) is 22.8 Å². The third kappa shape index (κ3) is 5.30. The highest BCUT2D eigenvalue weighted by Crippen LogP contribution is 2.14. The fourth-order valence-electron chi connectivity index (χ4n) is 2.13. The molecule has 0 spiro atoms. The van der Waals surface area contributed by atoms with E-state index < -0.39 is 22.0 Å². The molecule has 0 amide bonds. The maximum Gasteiger partial charge on any atom is 0.337 e. The van der Waals surface area contributed by atoms with Gasteiger partial charge in [0.05, 0.1) is 23.6 Å². The van der Waals surface area contributed by atoms with Gasteiger partial charge in [0.1, 0.15) is 12.4 Å². The zero-order chi connectivity index (χ0) is 18.4. The first-order chi connectivity index (χ1) is 11.8. The van der Waals surface area contributed by atoms with E-state index in [1.807, 2.05) is 31.2 Å². The molecule has 2 aromatic carbocycles. The zero-order valence-corrected chi connectivity index (χ0v) is 15.2. The fourth-order valence-corrected chi connectivity index (χ4v) is 3.40. The number of nitrogens with one attached hydrogen (secondary N) is 1. The summed E-state index contributed by atoms with van der Waals surface area (Å²) in [5, 5.41) is 0. The molecule has 0 radical (unpaired) electrons. The van der Waals surface area contributed by atoms with E-state index in [1.54, 1.807) is 6.92 Å². The minimum Gasteiger partial charge on any atom is -0.492 e. The second kappa shape index (κ2) is 8.13. The Kier molecular flexibility index (Phi) is 6.17. The summed E-state index contributed by atoms with van der Waals surface area (Å²) in [7, 11) is -2.53. The molecule has 134 valence electrons. The molecule has 0 heterocycles. The lowest BCUT2D eigenvalue weighted by molar-refractivity contribution is 0.0600. The maximum atomic E-state index is 12.4. The predicted octanol–water partition coefficient (Wildman–Crippen LogP) is 2.53. The lowest BCUT2D eigenvalue weighted by Gasteiger charge is -2.15. The Hall–Kier alpha value is -2.38. The molecule has 1 N–H and O–H groups in total. The van der Waals surface area contributed by atoms with Gasteiger partial charge in [0.2, 0.25) is 10.0 Å².